The molecular weight excluding hydrogens is 326 g/mol. The Bertz CT molecular complexity index is 855. The van der Waals surface area contributed by atoms with Crippen LogP contribution in [-0.4, -0.2) is 23.7 Å². The first-order chi connectivity index (χ1) is 11.7. The van der Waals surface area contributed by atoms with Crippen LogP contribution in [0.2, 0.25) is 5.02 Å². The minimum atomic E-state index is 0.294. The van der Waals surface area contributed by atoms with Crippen molar-refractivity contribution in [1.29, 1.82) is 0 Å². The quantitative estimate of drug-likeness (QED) is 0.688. The van der Waals surface area contributed by atoms with Gasteiger partial charge >= 0.3 is 0 Å². The third kappa shape index (κ3) is 3.68. The molecular formula is C18H18ClN3O2. The summed E-state index contributed by atoms with van der Waals surface area (Å²) < 4.78 is 10.9. The summed E-state index contributed by atoms with van der Waals surface area (Å²) in [6.45, 7) is 0.532. The Labute approximate surface area is 145 Å². The van der Waals surface area contributed by atoms with Crippen LogP contribution in [0.5, 0.6) is 11.5 Å². The summed E-state index contributed by atoms with van der Waals surface area (Å²) >= 11 is 6.16. The van der Waals surface area contributed by atoms with Crippen molar-refractivity contribution in [3.05, 3.63) is 53.2 Å². The summed E-state index contributed by atoms with van der Waals surface area (Å²) in [7, 11) is 1.60. The minimum Gasteiger partial charge on any atom is -0.497 e. The lowest BCUT2D eigenvalue weighted by Crippen LogP contribution is -2.04. The number of nitrogens with zero attached hydrogens (tertiary/aromatic N) is 2. The van der Waals surface area contributed by atoms with Gasteiger partial charge in [-0.2, -0.15) is 0 Å². The largest absolute Gasteiger partial charge is 0.497 e. The SMILES string of the molecule is COc1ccc(OCCCc2nc(N)nc3ccccc23)c(Cl)c1. The molecule has 0 aliphatic heterocycles. The number of fused-ring (bicyclic) bond motifs is 1. The van der Waals surface area contributed by atoms with Crippen LogP contribution in [0.4, 0.5) is 5.95 Å². The molecule has 6 heteroatoms. The molecule has 0 bridgehead atoms. The molecule has 0 radical (unpaired) electrons. The number of nitrogens with two attached hydrogens (primary N) is 1. The monoisotopic (exact) mass is 343 g/mol. The zero-order valence-electron chi connectivity index (χ0n) is 13.3. The summed E-state index contributed by atoms with van der Waals surface area (Å²) in [5.74, 6) is 1.64. The molecule has 0 amide bonds. The molecule has 2 N–H and O–H groups in total. The van der Waals surface area contributed by atoms with Gasteiger partial charge in [0.2, 0.25) is 5.95 Å². The van der Waals surface area contributed by atoms with E-state index in [2.05, 4.69) is 9.97 Å². The maximum absolute atomic E-state index is 6.16. The predicted octanol–water partition coefficient (Wildman–Crippen LogP) is 3.89. The molecule has 124 valence electrons. The van der Waals surface area contributed by atoms with Gasteiger partial charge in [-0.15, -0.1) is 0 Å². The van der Waals surface area contributed by atoms with Crippen LogP contribution in [0, 0.1) is 0 Å². The van der Waals surface area contributed by atoms with Crippen molar-refractivity contribution < 1.29 is 9.47 Å². The highest BCUT2D eigenvalue weighted by atomic mass is 35.5. The topological polar surface area (TPSA) is 70.3 Å². The second-order valence-corrected chi connectivity index (χ2v) is 5.70. The van der Waals surface area contributed by atoms with Crippen molar-refractivity contribution in [3.8, 4) is 11.5 Å². The standard InChI is InChI=1S/C18H18ClN3O2/c1-23-12-8-9-17(14(19)11-12)24-10-4-7-16-13-5-2-3-6-15(13)21-18(20)22-16/h2-3,5-6,8-9,11H,4,7,10H2,1H3,(H2,20,21,22). The summed E-state index contributed by atoms with van der Waals surface area (Å²) in [6.07, 6.45) is 1.55. The Hall–Kier alpha value is -2.53. The summed E-state index contributed by atoms with van der Waals surface area (Å²) in [5, 5.41) is 1.56. The predicted molar refractivity (Wildman–Crippen MR) is 95.8 cm³/mol. The van der Waals surface area contributed by atoms with E-state index in [1.807, 2.05) is 30.3 Å². The van der Waals surface area contributed by atoms with E-state index in [1.165, 1.54) is 0 Å². The molecule has 0 aliphatic rings. The molecule has 0 spiro atoms. The first-order valence-electron chi connectivity index (χ1n) is 7.65. The van der Waals surface area contributed by atoms with Crippen molar-refractivity contribution in [2.75, 3.05) is 19.5 Å². The third-order valence-corrected chi connectivity index (χ3v) is 3.95. The molecule has 0 fully saturated rings. The van der Waals surface area contributed by atoms with Gasteiger partial charge in [0.05, 0.1) is 29.9 Å². The molecule has 5 nitrogen and oxygen atoms in total. The highest BCUT2D eigenvalue weighted by molar-refractivity contribution is 6.32. The van der Waals surface area contributed by atoms with E-state index in [0.717, 1.165) is 29.4 Å². The molecule has 0 saturated heterocycles. The van der Waals surface area contributed by atoms with E-state index in [-0.39, 0.29) is 0 Å². The Balaban J connectivity index is 1.63. The lowest BCUT2D eigenvalue weighted by molar-refractivity contribution is 0.310. The number of aromatic nitrogens is 2. The van der Waals surface area contributed by atoms with Crippen molar-refractivity contribution >= 4 is 28.5 Å². The third-order valence-electron chi connectivity index (χ3n) is 3.65. The van der Waals surface area contributed by atoms with Crippen molar-refractivity contribution in [3.63, 3.8) is 0 Å². The van der Waals surface area contributed by atoms with E-state index in [9.17, 15) is 0 Å². The summed E-state index contributed by atoms with van der Waals surface area (Å²) in [4.78, 5) is 8.60. The van der Waals surface area contributed by atoms with Crippen LogP contribution in [0.15, 0.2) is 42.5 Å². The maximum Gasteiger partial charge on any atom is 0.220 e. The first-order valence-corrected chi connectivity index (χ1v) is 8.02. The molecule has 0 atom stereocenters. The number of para-hydroxylation sites is 1. The maximum atomic E-state index is 6.16. The molecule has 3 rings (SSSR count). The molecule has 24 heavy (non-hydrogen) atoms. The number of hydrogen-bond donors (Lipinski definition) is 1. The van der Waals surface area contributed by atoms with Crippen molar-refractivity contribution in [2.24, 2.45) is 0 Å². The number of hydrogen-bond acceptors (Lipinski definition) is 5. The lowest BCUT2D eigenvalue weighted by atomic mass is 10.1. The Morgan fingerprint density at radius 1 is 1.12 bits per heavy atom. The Morgan fingerprint density at radius 3 is 2.75 bits per heavy atom. The van der Waals surface area contributed by atoms with E-state index < -0.39 is 0 Å². The molecule has 1 aromatic heterocycles. The zero-order chi connectivity index (χ0) is 16.9. The molecule has 2 aromatic carbocycles. The number of aryl methyl sites for hydroxylation is 1. The number of anilines is 1. The molecule has 0 unspecified atom stereocenters. The Morgan fingerprint density at radius 2 is 1.96 bits per heavy atom. The van der Waals surface area contributed by atoms with Gasteiger partial charge in [0.1, 0.15) is 11.5 Å². The van der Waals surface area contributed by atoms with E-state index in [4.69, 9.17) is 26.8 Å². The molecule has 0 aliphatic carbocycles. The average Bonchev–Trinajstić information content (AvgIpc) is 2.59. The Kier molecular flexibility index (Phi) is 5.01. The van der Waals surface area contributed by atoms with Gasteiger partial charge in [0, 0.05) is 11.5 Å². The van der Waals surface area contributed by atoms with Gasteiger partial charge in [-0.3, -0.25) is 0 Å². The minimum absolute atomic E-state index is 0.294. The number of rotatable bonds is 6. The fraction of sp³-hybridized carbons (Fsp3) is 0.222. The van der Waals surface area contributed by atoms with Crippen LogP contribution in [0.25, 0.3) is 10.9 Å². The van der Waals surface area contributed by atoms with Gasteiger partial charge in [0.15, 0.2) is 0 Å². The number of methoxy groups -OCH3 is 1. The number of nitrogen functional groups attached to an aromatic ring is 1. The number of ether oxygens (including phenoxy) is 2. The van der Waals surface area contributed by atoms with Crippen LogP contribution in [-0.2, 0) is 6.42 Å². The fourth-order valence-electron chi connectivity index (χ4n) is 2.50. The second kappa shape index (κ2) is 7.36. The van der Waals surface area contributed by atoms with Gasteiger partial charge in [-0.25, -0.2) is 9.97 Å². The summed E-state index contributed by atoms with van der Waals surface area (Å²) in [6, 6.07) is 13.2. The first kappa shape index (κ1) is 16.3. The average molecular weight is 344 g/mol. The van der Waals surface area contributed by atoms with Gasteiger partial charge in [-0.1, -0.05) is 29.8 Å². The second-order valence-electron chi connectivity index (χ2n) is 5.29. The fourth-order valence-corrected chi connectivity index (χ4v) is 2.73. The molecule has 3 aromatic rings. The van der Waals surface area contributed by atoms with E-state index in [0.29, 0.717) is 29.1 Å². The molecule has 1 heterocycles. The van der Waals surface area contributed by atoms with E-state index in [1.54, 1.807) is 19.2 Å². The number of benzene rings is 2. The van der Waals surface area contributed by atoms with Gasteiger partial charge < -0.3 is 15.2 Å². The van der Waals surface area contributed by atoms with Crippen molar-refractivity contribution in [2.45, 2.75) is 12.8 Å². The summed E-state index contributed by atoms with van der Waals surface area (Å²) in [5.41, 5.74) is 7.58. The lowest BCUT2D eigenvalue weighted by Gasteiger charge is -2.10. The van der Waals surface area contributed by atoms with Gasteiger partial charge in [-0.05, 0) is 31.0 Å². The number of halogens is 1. The van der Waals surface area contributed by atoms with Crippen LogP contribution < -0.4 is 15.2 Å². The smallest absolute Gasteiger partial charge is 0.220 e. The normalized spacial score (nSPS) is 10.8. The molecule has 0 saturated carbocycles. The highest BCUT2D eigenvalue weighted by Crippen LogP contribution is 2.28. The van der Waals surface area contributed by atoms with Crippen LogP contribution in [0.3, 0.4) is 0 Å². The van der Waals surface area contributed by atoms with Gasteiger partial charge in [0.25, 0.3) is 0 Å². The highest BCUT2D eigenvalue weighted by Gasteiger charge is 2.07. The van der Waals surface area contributed by atoms with Crippen LogP contribution >= 0.6 is 11.6 Å². The van der Waals surface area contributed by atoms with E-state index >= 15 is 0 Å². The van der Waals surface area contributed by atoms with Crippen molar-refractivity contribution in [1.82, 2.24) is 9.97 Å². The van der Waals surface area contributed by atoms with Crippen LogP contribution in [0.1, 0.15) is 12.1 Å². The zero-order valence-corrected chi connectivity index (χ0v) is 14.1.